The Morgan fingerprint density at radius 3 is 2.80 bits per heavy atom. The summed E-state index contributed by atoms with van der Waals surface area (Å²) >= 11 is 0. The lowest BCUT2D eigenvalue weighted by atomic mass is 9.96. The number of nitrogens with one attached hydrogen (secondary N) is 2. The van der Waals surface area contributed by atoms with E-state index in [1.54, 1.807) is 0 Å². The molecule has 3 nitrogen and oxygen atoms in total. The molecule has 2 unspecified atom stereocenters. The zero-order valence-electron chi connectivity index (χ0n) is 6.48. The maximum absolute atomic E-state index is 11.1. The summed E-state index contributed by atoms with van der Waals surface area (Å²) in [5, 5.41) is 5.94. The van der Waals surface area contributed by atoms with E-state index in [2.05, 4.69) is 10.6 Å². The fourth-order valence-electron chi connectivity index (χ4n) is 1.34. The molecule has 1 saturated heterocycles. The van der Waals surface area contributed by atoms with Gasteiger partial charge in [-0.15, -0.1) is 0 Å². The number of rotatable bonds is 1. The molecule has 0 aromatic carbocycles. The molecule has 0 spiro atoms. The van der Waals surface area contributed by atoms with Crippen LogP contribution in [0.25, 0.3) is 0 Å². The molecule has 0 aromatic rings. The molecule has 0 radical (unpaired) electrons. The van der Waals surface area contributed by atoms with Crippen LogP contribution < -0.4 is 10.6 Å². The Morgan fingerprint density at radius 1 is 1.70 bits per heavy atom. The lowest BCUT2D eigenvalue weighted by molar-refractivity contribution is -0.127. The fourth-order valence-corrected chi connectivity index (χ4v) is 1.34. The van der Waals surface area contributed by atoms with E-state index >= 15 is 0 Å². The third kappa shape index (κ3) is 1.29. The van der Waals surface area contributed by atoms with Crippen molar-refractivity contribution in [1.29, 1.82) is 0 Å². The molecule has 1 heterocycles. The van der Waals surface area contributed by atoms with E-state index in [0.717, 1.165) is 6.42 Å². The third-order valence-corrected chi connectivity index (χ3v) is 2.07. The van der Waals surface area contributed by atoms with Gasteiger partial charge in [0.25, 0.3) is 0 Å². The summed E-state index contributed by atoms with van der Waals surface area (Å²) in [6, 6.07) is 0.332. The van der Waals surface area contributed by atoms with Crippen LogP contribution in [0.2, 0.25) is 0 Å². The van der Waals surface area contributed by atoms with Crippen molar-refractivity contribution in [1.82, 2.24) is 10.6 Å². The summed E-state index contributed by atoms with van der Waals surface area (Å²) in [5.74, 6) is 0.350. The van der Waals surface area contributed by atoms with E-state index in [9.17, 15) is 4.79 Å². The van der Waals surface area contributed by atoms with Gasteiger partial charge in [0, 0.05) is 6.04 Å². The average molecular weight is 142 g/mol. The molecule has 1 rings (SSSR count). The van der Waals surface area contributed by atoms with Gasteiger partial charge < -0.3 is 5.32 Å². The molecular formula is C7H14N2O. The molecule has 1 aliphatic heterocycles. The molecule has 0 aliphatic carbocycles. The SMILES string of the molecule is CCC1C(=O)NCNC1C. The van der Waals surface area contributed by atoms with E-state index in [0.29, 0.717) is 12.7 Å². The van der Waals surface area contributed by atoms with Gasteiger partial charge in [-0.2, -0.15) is 0 Å². The molecule has 0 saturated carbocycles. The van der Waals surface area contributed by atoms with E-state index < -0.39 is 0 Å². The second-order valence-corrected chi connectivity index (χ2v) is 2.73. The van der Waals surface area contributed by atoms with Gasteiger partial charge >= 0.3 is 0 Å². The summed E-state index contributed by atoms with van der Waals surface area (Å²) in [6.45, 7) is 4.71. The topological polar surface area (TPSA) is 41.1 Å². The summed E-state index contributed by atoms with van der Waals surface area (Å²) in [7, 11) is 0. The molecule has 1 fully saturated rings. The zero-order chi connectivity index (χ0) is 7.56. The smallest absolute Gasteiger partial charge is 0.225 e. The minimum Gasteiger partial charge on any atom is -0.343 e. The molecule has 3 heteroatoms. The molecule has 10 heavy (non-hydrogen) atoms. The van der Waals surface area contributed by atoms with Crippen LogP contribution in [0, 0.1) is 5.92 Å². The van der Waals surface area contributed by atoms with Crippen LogP contribution in [0.15, 0.2) is 0 Å². The Balaban J connectivity index is 2.53. The maximum atomic E-state index is 11.1. The van der Waals surface area contributed by atoms with Crippen molar-refractivity contribution in [2.75, 3.05) is 6.67 Å². The van der Waals surface area contributed by atoms with Crippen LogP contribution in [-0.2, 0) is 4.79 Å². The van der Waals surface area contributed by atoms with Crippen LogP contribution in [-0.4, -0.2) is 18.6 Å². The standard InChI is InChI=1S/C7H14N2O/c1-3-6-5(2)8-4-9-7(6)10/h5-6,8H,3-4H2,1-2H3,(H,9,10). The van der Waals surface area contributed by atoms with Gasteiger partial charge in [0.15, 0.2) is 0 Å². The van der Waals surface area contributed by atoms with Crippen molar-refractivity contribution >= 4 is 5.91 Å². The monoisotopic (exact) mass is 142 g/mol. The first-order valence-electron chi connectivity index (χ1n) is 3.76. The van der Waals surface area contributed by atoms with Crippen molar-refractivity contribution in [3.05, 3.63) is 0 Å². The normalized spacial score (nSPS) is 33.6. The molecule has 0 aromatic heterocycles. The molecule has 58 valence electrons. The first-order chi connectivity index (χ1) is 4.75. The van der Waals surface area contributed by atoms with Gasteiger partial charge in [0.05, 0.1) is 12.6 Å². The van der Waals surface area contributed by atoms with Gasteiger partial charge in [0.2, 0.25) is 5.91 Å². The van der Waals surface area contributed by atoms with Crippen molar-refractivity contribution in [2.24, 2.45) is 5.92 Å². The highest BCUT2D eigenvalue weighted by Crippen LogP contribution is 2.10. The van der Waals surface area contributed by atoms with Gasteiger partial charge in [0.1, 0.15) is 0 Å². The van der Waals surface area contributed by atoms with Gasteiger partial charge in [-0.25, -0.2) is 0 Å². The first kappa shape index (κ1) is 7.54. The largest absolute Gasteiger partial charge is 0.343 e. The second-order valence-electron chi connectivity index (χ2n) is 2.73. The Hall–Kier alpha value is -0.570. The highest BCUT2D eigenvalue weighted by Gasteiger charge is 2.25. The van der Waals surface area contributed by atoms with E-state index in [1.165, 1.54) is 0 Å². The van der Waals surface area contributed by atoms with Gasteiger partial charge in [-0.05, 0) is 13.3 Å². The number of hydrogen-bond acceptors (Lipinski definition) is 2. The predicted molar refractivity (Wildman–Crippen MR) is 39.4 cm³/mol. The molecule has 2 N–H and O–H groups in total. The third-order valence-electron chi connectivity index (χ3n) is 2.07. The van der Waals surface area contributed by atoms with Crippen molar-refractivity contribution in [3.8, 4) is 0 Å². The summed E-state index contributed by atoms with van der Waals surface area (Å²) in [4.78, 5) is 11.1. The average Bonchev–Trinajstić information content (AvgIpc) is 1.88. The summed E-state index contributed by atoms with van der Waals surface area (Å²) in [6.07, 6.45) is 0.917. The second kappa shape index (κ2) is 3.01. The summed E-state index contributed by atoms with van der Waals surface area (Å²) in [5.41, 5.74) is 0. The number of hydrogen-bond donors (Lipinski definition) is 2. The Kier molecular flexibility index (Phi) is 2.27. The molecule has 2 atom stereocenters. The van der Waals surface area contributed by atoms with Gasteiger partial charge in [-0.3, -0.25) is 10.1 Å². The van der Waals surface area contributed by atoms with Crippen LogP contribution in [0.1, 0.15) is 20.3 Å². The van der Waals surface area contributed by atoms with Crippen molar-refractivity contribution in [2.45, 2.75) is 26.3 Å². The lowest BCUT2D eigenvalue weighted by Gasteiger charge is -2.28. The highest BCUT2D eigenvalue weighted by molar-refractivity contribution is 5.79. The van der Waals surface area contributed by atoms with E-state index in [4.69, 9.17) is 0 Å². The fraction of sp³-hybridized carbons (Fsp3) is 0.857. The van der Waals surface area contributed by atoms with Gasteiger partial charge in [-0.1, -0.05) is 6.92 Å². The lowest BCUT2D eigenvalue weighted by Crippen LogP contribution is -2.53. The zero-order valence-corrected chi connectivity index (χ0v) is 6.48. The van der Waals surface area contributed by atoms with Crippen LogP contribution in [0.3, 0.4) is 0 Å². The Bertz CT molecular complexity index is 136. The molecule has 1 aliphatic rings. The number of amides is 1. The van der Waals surface area contributed by atoms with Crippen LogP contribution in [0.5, 0.6) is 0 Å². The summed E-state index contributed by atoms with van der Waals surface area (Å²) < 4.78 is 0. The molecule has 1 amide bonds. The number of carbonyl (C=O) groups excluding carboxylic acids is 1. The van der Waals surface area contributed by atoms with E-state index in [-0.39, 0.29) is 11.8 Å². The quantitative estimate of drug-likeness (QED) is 0.544. The number of carbonyl (C=O) groups is 1. The van der Waals surface area contributed by atoms with Crippen LogP contribution in [0.4, 0.5) is 0 Å². The van der Waals surface area contributed by atoms with Crippen molar-refractivity contribution < 1.29 is 4.79 Å². The highest BCUT2D eigenvalue weighted by atomic mass is 16.2. The van der Waals surface area contributed by atoms with E-state index in [1.807, 2.05) is 13.8 Å². The minimum absolute atomic E-state index is 0.161. The van der Waals surface area contributed by atoms with Crippen molar-refractivity contribution in [3.63, 3.8) is 0 Å². The van der Waals surface area contributed by atoms with Crippen LogP contribution >= 0.6 is 0 Å². The minimum atomic E-state index is 0.161. The predicted octanol–water partition coefficient (Wildman–Crippen LogP) is 0.0780. The maximum Gasteiger partial charge on any atom is 0.225 e. The first-order valence-corrected chi connectivity index (χ1v) is 3.76. The molecule has 0 bridgehead atoms. The molecular weight excluding hydrogens is 128 g/mol. The Labute approximate surface area is 61.2 Å². The Morgan fingerprint density at radius 2 is 2.40 bits per heavy atom.